The molecule has 0 N–H and O–H groups in total. The quantitative estimate of drug-likeness (QED) is 0.513. The second-order valence-electron chi connectivity index (χ2n) is 8.68. The minimum atomic E-state index is -0.161. The van der Waals surface area contributed by atoms with E-state index in [1.165, 1.54) is 44.2 Å². The van der Waals surface area contributed by atoms with Crippen LogP contribution in [0.2, 0.25) is 0 Å². The Kier molecular flexibility index (Phi) is 7.08. The number of amides is 1. The van der Waals surface area contributed by atoms with Gasteiger partial charge in [0.05, 0.1) is 23.2 Å². The molecule has 0 spiro atoms. The molecule has 1 aliphatic heterocycles. The van der Waals surface area contributed by atoms with E-state index >= 15 is 0 Å². The Labute approximate surface area is 194 Å². The third kappa shape index (κ3) is 5.25. The van der Waals surface area contributed by atoms with Gasteiger partial charge in [-0.15, -0.1) is 0 Å². The summed E-state index contributed by atoms with van der Waals surface area (Å²) in [5, 5.41) is 0.476. The number of carbonyl (C=O) groups is 1. The van der Waals surface area contributed by atoms with Gasteiger partial charge in [-0.1, -0.05) is 6.42 Å². The molecule has 0 aliphatic carbocycles. The molecule has 174 valence electrons. The highest BCUT2D eigenvalue weighted by molar-refractivity contribution is 5.93. The first-order valence-corrected chi connectivity index (χ1v) is 11.7. The molecule has 33 heavy (non-hydrogen) atoms. The summed E-state index contributed by atoms with van der Waals surface area (Å²) in [6.07, 6.45) is 4.97. The molecular weight excluding hydrogens is 416 g/mol. The van der Waals surface area contributed by atoms with Gasteiger partial charge in [0, 0.05) is 26.2 Å². The van der Waals surface area contributed by atoms with Gasteiger partial charge in [0.2, 0.25) is 5.91 Å². The predicted octanol–water partition coefficient (Wildman–Crippen LogP) is 3.93. The van der Waals surface area contributed by atoms with Gasteiger partial charge in [0.25, 0.3) is 5.56 Å². The van der Waals surface area contributed by atoms with Gasteiger partial charge in [-0.3, -0.25) is 14.2 Å². The van der Waals surface area contributed by atoms with E-state index in [1.54, 1.807) is 29.8 Å². The number of fused-ring (bicyclic) bond motifs is 1. The normalized spacial score (nSPS) is 14.4. The van der Waals surface area contributed by atoms with E-state index in [4.69, 9.17) is 4.74 Å². The van der Waals surface area contributed by atoms with Crippen LogP contribution in [0.1, 0.15) is 38.4 Å². The van der Waals surface area contributed by atoms with Crippen LogP contribution in [0.5, 0.6) is 5.75 Å². The lowest BCUT2D eigenvalue weighted by atomic mass is 10.1. The van der Waals surface area contributed by atoms with E-state index in [0.29, 0.717) is 29.0 Å². The van der Waals surface area contributed by atoms with Crippen LogP contribution in [-0.4, -0.2) is 53.6 Å². The Morgan fingerprint density at radius 3 is 2.52 bits per heavy atom. The van der Waals surface area contributed by atoms with Gasteiger partial charge >= 0.3 is 0 Å². The third-order valence-electron chi connectivity index (χ3n) is 6.31. The fourth-order valence-electron chi connectivity index (χ4n) is 4.33. The standard InChI is InChI=1S/C26H32N4O3/c1-19-27-25-13-10-22(28(3)20(2)31)18-24(25)26(32)30(19)21-8-11-23(12-9-21)33-17-7-16-29-14-5-4-6-15-29/h8-13,18H,4-7,14-17H2,1-3H3. The van der Waals surface area contributed by atoms with Crippen molar-refractivity contribution in [2.75, 3.05) is 38.2 Å². The minimum Gasteiger partial charge on any atom is -0.494 e. The van der Waals surface area contributed by atoms with E-state index in [-0.39, 0.29) is 11.5 Å². The van der Waals surface area contributed by atoms with Crippen molar-refractivity contribution in [1.82, 2.24) is 14.5 Å². The van der Waals surface area contributed by atoms with Gasteiger partial charge in [0.1, 0.15) is 11.6 Å². The van der Waals surface area contributed by atoms with Crippen molar-refractivity contribution in [3.8, 4) is 11.4 Å². The summed E-state index contributed by atoms with van der Waals surface area (Å²) in [5.74, 6) is 1.30. The second-order valence-corrected chi connectivity index (χ2v) is 8.68. The van der Waals surface area contributed by atoms with E-state index in [1.807, 2.05) is 31.2 Å². The number of rotatable bonds is 7. The van der Waals surface area contributed by atoms with E-state index < -0.39 is 0 Å². The summed E-state index contributed by atoms with van der Waals surface area (Å²) in [6, 6.07) is 12.9. The highest BCUT2D eigenvalue weighted by Gasteiger charge is 2.13. The highest BCUT2D eigenvalue weighted by Crippen LogP contribution is 2.21. The van der Waals surface area contributed by atoms with Crippen LogP contribution in [0.3, 0.4) is 0 Å². The highest BCUT2D eigenvalue weighted by atomic mass is 16.5. The Morgan fingerprint density at radius 2 is 1.82 bits per heavy atom. The molecule has 0 unspecified atom stereocenters. The number of benzene rings is 2. The number of nitrogens with zero attached hydrogens (tertiary/aromatic N) is 4. The maximum absolute atomic E-state index is 13.3. The number of aryl methyl sites for hydroxylation is 1. The zero-order valence-electron chi connectivity index (χ0n) is 19.7. The Hall–Kier alpha value is -3.19. The molecule has 3 aromatic rings. The molecule has 1 fully saturated rings. The molecule has 0 bridgehead atoms. The van der Waals surface area contributed by atoms with Gasteiger partial charge in [-0.2, -0.15) is 0 Å². The average Bonchev–Trinajstić information content (AvgIpc) is 2.82. The summed E-state index contributed by atoms with van der Waals surface area (Å²) in [4.78, 5) is 33.7. The number of hydrogen-bond donors (Lipinski definition) is 0. The van der Waals surface area contributed by atoms with Crippen molar-refractivity contribution in [2.24, 2.45) is 0 Å². The molecule has 0 saturated carbocycles. The number of likely N-dealkylation sites (tertiary alicyclic amines) is 1. The Bertz CT molecular complexity index is 1180. The summed E-state index contributed by atoms with van der Waals surface area (Å²) < 4.78 is 7.51. The first-order valence-electron chi connectivity index (χ1n) is 11.7. The first-order chi connectivity index (χ1) is 15.9. The monoisotopic (exact) mass is 448 g/mol. The SMILES string of the molecule is CC(=O)N(C)c1ccc2nc(C)n(-c3ccc(OCCCN4CCCCC4)cc3)c(=O)c2c1. The largest absolute Gasteiger partial charge is 0.494 e. The number of carbonyl (C=O) groups excluding carboxylic acids is 1. The Balaban J connectivity index is 1.49. The van der Waals surface area contributed by atoms with E-state index in [2.05, 4.69) is 9.88 Å². The van der Waals surface area contributed by atoms with E-state index in [0.717, 1.165) is 24.4 Å². The smallest absolute Gasteiger partial charge is 0.266 e. The molecule has 2 aromatic carbocycles. The molecule has 2 heterocycles. The second kappa shape index (κ2) is 10.2. The fourth-order valence-corrected chi connectivity index (χ4v) is 4.33. The van der Waals surface area contributed by atoms with Crippen LogP contribution < -0.4 is 15.2 Å². The maximum Gasteiger partial charge on any atom is 0.266 e. The van der Waals surface area contributed by atoms with Gasteiger partial charge in [-0.05, 0) is 81.7 Å². The number of ether oxygens (including phenoxy) is 1. The molecule has 0 radical (unpaired) electrons. The fraction of sp³-hybridized carbons (Fsp3) is 0.423. The molecular formula is C26H32N4O3. The maximum atomic E-state index is 13.3. The number of anilines is 1. The van der Waals surface area contributed by atoms with Crippen molar-refractivity contribution in [2.45, 2.75) is 39.5 Å². The van der Waals surface area contributed by atoms with Crippen LogP contribution in [0.15, 0.2) is 47.3 Å². The van der Waals surface area contributed by atoms with Crippen LogP contribution >= 0.6 is 0 Å². The lowest BCUT2D eigenvalue weighted by Crippen LogP contribution is -2.31. The van der Waals surface area contributed by atoms with Crippen molar-refractivity contribution in [3.63, 3.8) is 0 Å². The number of hydrogen-bond acceptors (Lipinski definition) is 5. The van der Waals surface area contributed by atoms with Gasteiger partial charge in [0.15, 0.2) is 0 Å². The molecule has 7 heteroatoms. The zero-order chi connectivity index (χ0) is 23.4. The van der Waals surface area contributed by atoms with Crippen molar-refractivity contribution < 1.29 is 9.53 Å². The van der Waals surface area contributed by atoms with Crippen LogP contribution in [0.4, 0.5) is 5.69 Å². The summed E-state index contributed by atoms with van der Waals surface area (Å²) in [6.45, 7) is 7.48. The topological polar surface area (TPSA) is 67.7 Å². The van der Waals surface area contributed by atoms with Crippen LogP contribution in [0, 0.1) is 6.92 Å². The predicted molar refractivity (Wildman–Crippen MR) is 132 cm³/mol. The summed E-state index contributed by atoms with van der Waals surface area (Å²) in [5.41, 5.74) is 1.85. The molecule has 4 rings (SSSR count). The van der Waals surface area contributed by atoms with Crippen molar-refractivity contribution >= 4 is 22.5 Å². The molecule has 1 aromatic heterocycles. The first kappa shape index (κ1) is 23.0. The molecule has 1 saturated heterocycles. The van der Waals surface area contributed by atoms with Gasteiger partial charge in [-0.25, -0.2) is 4.98 Å². The van der Waals surface area contributed by atoms with E-state index in [9.17, 15) is 9.59 Å². The molecule has 1 amide bonds. The third-order valence-corrected chi connectivity index (χ3v) is 6.31. The average molecular weight is 449 g/mol. The molecule has 7 nitrogen and oxygen atoms in total. The number of aromatic nitrogens is 2. The van der Waals surface area contributed by atoms with Crippen molar-refractivity contribution in [1.29, 1.82) is 0 Å². The summed E-state index contributed by atoms with van der Waals surface area (Å²) >= 11 is 0. The molecule has 1 aliphatic rings. The zero-order valence-corrected chi connectivity index (χ0v) is 19.7. The van der Waals surface area contributed by atoms with Gasteiger partial charge < -0.3 is 14.5 Å². The number of piperidine rings is 1. The Morgan fingerprint density at radius 1 is 1.09 bits per heavy atom. The van der Waals surface area contributed by atoms with Crippen molar-refractivity contribution in [3.05, 3.63) is 58.6 Å². The molecule has 0 atom stereocenters. The minimum absolute atomic E-state index is 0.0961. The van der Waals surface area contributed by atoms with Crippen LogP contribution in [-0.2, 0) is 4.79 Å². The lowest BCUT2D eigenvalue weighted by Gasteiger charge is -2.26. The lowest BCUT2D eigenvalue weighted by molar-refractivity contribution is -0.116. The van der Waals surface area contributed by atoms with Crippen LogP contribution in [0.25, 0.3) is 16.6 Å². The summed E-state index contributed by atoms with van der Waals surface area (Å²) in [7, 11) is 1.69.